The van der Waals surface area contributed by atoms with Crippen molar-refractivity contribution in [1.82, 2.24) is 10.2 Å². The van der Waals surface area contributed by atoms with Gasteiger partial charge in [0.1, 0.15) is 12.5 Å². The fourth-order valence-electron chi connectivity index (χ4n) is 3.90. The highest BCUT2D eigenvalue weighted by Gasteiger charge is 2.42. The molecule has 8 nitrogen and oxygen atoms in total. The number of benzene rings is 3. The Morgan fingerprint density at radius 2 is 1.43 bits per heavy atom. The first-order chi connectivity index (χ1) is 17.0. The summed E-state index contributed by atoms with van der Waals surface area (Å²) < 4.78 is 0. The minimum absolute atomic E-state index is 0.168. The maximum Gasteiger partial charge on any atom is 0.262 e. The molecule has 0 aromatic heterocycles. The molecule has 0 aliphatic carbocycles. The van der Waals surface area contributed by atoms with E-state index in [9.17, 15) is 19.2 Å². The predicted octanol–water partition coefficient (Wildman–Crippen LogP) is 3.06. The highest BCUT2D eigenvalue weighted by Crippen LogP contribution is 2.26. The Morgan fingerprint density at radius 1 is 0.829 bits per heavy atom. The van der Waals surface area contributed by atoms with Crippen molar-refractivity contribution >= 4 is 29.3 Å². The van der Waals surface area contributed by atoms with Crippen molar-refractivity contribution in [3.8, 4) is 6.07 Å². The number of nitrogens with zero attached hydrogens (tertiary/aromatic N) is 2. The van der Waals surface area contributed by atoms with Crippen LogP contribution in [0.25, 0.3) is 0 Å². The predicted molar refractivity (Wildman–Crippen MR) is 128 cm³/mol. The fraction of sp³-hybridized carbons (Fsp3) is 0.148. The van der Waals surface area contributed by atoms with E-state index >= 15 is 0 Å². The minimum atomic E-state index is -1.05. The zero-order valence-corrected chi connectivity index (χ0v) is 18.7. The Hall–Kier alpha value is -4.77. The zero-order valence-electron chi connectivity index (χ0n) is 18.7. The molecule has 1 unspecified atom stereocenters. The van der Waals surface area contributed by atoms with Gasteiger partial charge in [0.15, 0.2) is 0 Å². The highest BCUT2D eigenvalue weighted by molar-refractivity contribution is 6.23. The lowest BCUT2D eigenvalue weighted by Crippen LogP contribution is -2.48. The van der Waals surface area contributed by atoms with Crippen molar-refractivity contribution in [2.75, 3.05) is 5.32 Å². The van der Waals surface area contributed by atoms with E-state index in [2.05, 4.69) is 10.6 Å². The normalized spacial score (nSPS) is 13.1. The number of amides is 4. The van der Waals surface area contributed by atoms with Gasteiger partial charge in [0.2, 0.25) is 11.8 Å². The molecule has 1 aliphatic rings. The molecule has 35 heavy (non-hydrogen) atoms. The molecule has 0 saturated heterocycles. The van der Waals surface area contributed by atoms with Gasteiger partial charge in [-0.25, -0.2) is 0 Å². The molecule has 1 heterocycles. The van der Waals surface area contributed by atoms with Gasteiger partial charge >= 0.3 is 0 Å². The number of imide groups is 1. The topological polar surface area (TPSA) is 119 Å². The van der Waals surface area contributed by atoms with Crippen molar-refractivity contribution in [3.63, 3.8) is 0 Å². The second kappa shape index (κ2) is 10.4. The molecule has 4 rings (SSSR count). The second-order valence-electron chi connectivity index (χ2n) is 8.03. The number of hydrogen-bond donors (Lipinski definition) is 2. The lowest BCUT2D eigenvalue weighted by atomic mass is 10.0. The number of fused-ring (bicyclic) bond motifs is 1. The molecule has 0 bridgehead atoms. The van der Waals surface area contributed by atoms with Crippen molar-refractivity contribution in [2.24, 2.45) is 0 Å². The van der Waals surface area contributed by atoms with Gasteiger partial charge in [0.25, 0.3) is 11.8 Å². The second-order valence-corrected chi connectivity index (χ2v) is 8.03. The smallest absolute Gasteiger partial charge is 0.262 e. The maximum atomic E-state index is 13.4. The summed E-state index contributed by atoms with van der Waals surface area (Å²) in [6.45, 7) is 0.250. The third kappa shape index (κ3) is 5.25. The number of anilines is 1. The fourth-order valence-corrected chi connectivity index (χ4v) is 3.90. The summed E-state index contributed by atoms with van der Waals surface area (Å²) >= 11 is 0. The Balaban J connectivity index is 1.53. The maximum absolute atomic E-state index is 13.4. The molecular weight excluding hydrogens is 444 g/mol. The first kappa shape index (κ1) is 23.4. The van der Waals surface area contributed by atoms with Crippen molar-refractivity contribution in [1.29, 1.82) is 5.26 Å². The van der Waals surface area contributed by atoms with Crippen LogP contribution in [0.15, 0.2) is 78.9 Å². The standard InChI is InChI=1S/C27H22N4O4/c28-15-14-24(32)29-17-19-10-12-20(13-11-19)30-25(33)23(16-18-6-2-1-3-7-18)31-26(34)21-8-4-5-9-22(21)27(31)35/h1-13,23H,14,16-17H2,(H,29,32)(H,30,33). The molecule has 4 amide bonds. The minimum Gasteiger partial charge on any atom is -0.351 e. The van der Waals surface area contributed by atoms with Gasteiger partial charge < -0.3 is 10.6 Å². The van der Waals surface area contributed by atoms with Crippen LogP contribution < -0.4 is 10.6 Å². The molecule has 0 spiro atoms. The van der Waals surface area contributed by atoms with Crippen molar-refractivity contribution in [3.05, 3.63) is 101 Å². The lowest BCUT2D eigenvalue weighted by molar-refractivity contribution is -0.120. The Labute approximate surface area is 202 Å². The third-order valence-electron chi connectivity index (χ3n) is 5.66. The van der Waals surface area contributed by atoms with Gasteiger partial charge in [-0.2, -0.15) is 5.26 Å². The molecule has 3 aromatic rings. The highest BCUT2D eigenvalue weighted by atomic mass is 16.2. The van der Waals surface area contributed by atoms with Crippen molar-refractivity contribution < 1.29 is 19.2 Å². The number of carbonyl (C=O) groups is 4. The molecule has 3 aromatic carbocycles. The molecular formula is C27H22N4O4. The monoisotopic (exact) mass is 466 g/mol. The van der Waals surface area contributed by atoms with Crippen LogP contribution in [-0.2, 0) is 22.6 Å². The average Bonchev–Trinajstić information content (AvgIpc) is 3.13. The van der Waals surface area contributed by atoms with Crippen LogP contribution in [0.2, 0.25) is 0 Å². The van der Waals surface area contributed by atoms with Gasteiger partial charge in [0, 0.05) is 18.7 Å². The Bertz CT molecular complexity index is 1280. The molecule has 0 fully saturated rings. The van der Waals surface area contributed by atoms with E-state index < -0.39 is 23.8 Å². The number of rotatable bonds is 8. The quantitative estimate of drug-likeness (QED) is 0.495. The lowest BCUT2D eigenvalue weighted by Gasteiger charge is -2.25. The van der Waals surface area contributed by atoms with E-state index in [4.69, 9.17) is 5.26 Å². The van der Waals surface area contributed by atoms with E-state index in [0.29, 0.717) is 5.69 Å². The van der Waals surface area contributed by atoms with Crippen LogP contribution in [0, 0.1) is 11.3 Å². The van der Waals surface area contributed by atoms with Gasteiger partial charge in [-0.05, 0) is 35.4 Å². The number of nitrogens with one attached hydrogen (secondary N) is 2. The van der Waals surface area contributed by atoms with Crippen LogP contribution in [-0.4, -0.2) is 34.6 Å². The van der Waals surface area contributed by atoms with Crippen LogP contribution in [0.4, 0.5) is 5.69 Å². The largest absolute Gasteiger partial charge is 0.351 e. The third-order valence-corrected chi connectivity index (χ3v) is 5.66. The molecule has 0 radical (unpaired) electrons. The van der Waals surface area contributed by atoms with Gasteiger partial charge in [-0.15, -0.1) is 0 Å². The summed E-state index contributed by atoms with van der Waals surface area (Å²) in [4.78, 5) is 52.0. The van der Waals surface area contributed by atoms with Crippen LogP contribution >= 0.6 is 0 Å². The average molecular weight is 466 g/mol. The summed E-state index contributed by atoms with van der Waals surface area (Å²) in [6.07, 6.45) is -0.0457. The Kier molecular flexibility index (Phi) is 6.98. The van der Waals surface area contributed by atoms with E-state index in [1.165, 1.54) is 0 Å². The summed E-state index contributed by atoms with van der Waals surface area (Å²) in [5.41, 5.74) is 2.65. The SMILES string of the molecule is N#CCC(=O)NCc1ccc(NC(=O)C(Cc2ccccc2)N2C(=O)c3ccccc3C2=O)cc1. The van der Waals surface area contributed by atoms with Crippen LogP contribution in [0.5, 0.6) is 0 Å². The number of hydrogen-bond acceptors (Lipinski definition) is 5. The van der Waals surface area contributed by atoms with Crippen LogP contribution in [0.3, 0.4) is 0 Å². The molecule has 2 N–H and O–H groups in total. The molecule has 0 saturated carbocycles. The van der Waals surface area contributed by atoms with Gasteiger partial charge in [0.05, 0.1) is 17.2 Å². The Morgan fingerprint density at radius 3 is 2.03 bits per heavy atom. The first-order valence-corrected chi connectivity index (χ1v) is 11.0. The molecule has 1 aliphatic heterocycles. The van der Waals surface area contributed by atoms with Gasteiger partial charge in [-0.1, -0.05) is 54.6 Å². The summed E-state index contributed by atoms with van der Waals surface area (Å²) in [5.74, 6) is -1.84. The van der Waals surface area contributed by atoms with E-state index in [-0.39, 0.29) is 36.4 Å². The summed E-state index contributed by atoms with van der Waals surface area (Å²) in [6, 6.07) is 23.3. The van der Waals surface area contributed by atoms with Crippen LogP contribution in [0.1, 0.15) is 38.3 Å². The summed E-state index contributed by atoms with van der Waals surface area (Å²) in [7, 11) is 0. The number of nitriles is 1. The summed E-state index contributed by atoms with van der Waals surface area (Å²) in [5, 5.41) is 14.0. The zero-order chi connectivity index (χ0) is 24.8. The van der Waals surface area contributed by atoms with Gasteiger partial charge in [-0.3, -0.25) is 24.1 Å². The first-order valence-electron chi connectivity index (χ1n) is 11.0. The molecule has 1 atom stereocenters. The molecule has 174 valence electrons. The van der Waals surface area contributed by atoms with E-state index in [1.54, 1.807) is 54.6 Å². The molecule has 8 heteroatoms. The van der Waals surface area contributed by atoms with E-state index in [0.717, 1.165) is 16.0 Å². The number of carbonyl (C=O) groups excluding carboxylic acids is 4. The van der Waals surface area contributed by atoms with E-state index in [1.807, 2.05) is 30.3 Å². The van der Waals surface area contributed by atoms with Crippen molar-refractivity contribution in [2.45, 2.75) is 25.4 Å².